The van der Waals surface area contributed by atoms with Crippen LogP contribution >= 0.6 is 35.3 Å². The van der Waals surface area contributed by atoms with E-state index >= 15 is 0 Å². The van der Waals surface area contributed by atoms with Crippen LogP contribution < -0.4 is 15.5 Å². The first-order valence-electron chi connectivity index (χ1n) is 9.05. The average molecular weight is 526 g/mol. The lowest BCUT2D eigenvalue weighted by Crippen LogP contribution is -2.42. The number of amides is 1. The zero-order valence-electron chi connectivity index (χ0n) is 18.2. The second kappa shape index (κ2) is 12.3. The van der Waals surface area contributed by atoms with Crippen molar-refractivity contribution < 1.29 is 9.53 Å². The molecule has 0 aliphatic rings. The van der Waals surface area contributed by atoms with Gasteiger partial charge in [-0.05, 0) is 34.1 Å². The standard InChI is InChI=1S/C18H34N6O2S.HI/c1-13(24(8)17(25)26-18(2,3)4)9-10-20-15(19-5)21-11-14-12-27-16(22-14)23(6)7;/h12-13H,9-11H2,1-8H3,(H2,19,20,21);1H. The fourth-order valence-electron chi connectivity index (χ4n) is 2.08. The third-order valence-electron chi connectivity index (χ3n) is 3.78. The molecule has 10 heteroatoms. The van der Waals surface area contributed by atoms with Gasteiger partial charge in [-0.2, -0.15) is 0 Å². The highest BCUT2D eigenvalue weighted by Crippen LogP contribution is 2.17. The van der Waals surface area contributed by atoms with Gasteiger partial charge in [0.05, 0.1) is 12.2 Å². The predicted molar refractivity (Wildman–Crippen MR) is 128 cm³/mol. The summed E-state index contributed by atoms with van der Waals surface area (Å²) in [6, 6.07) is 0.0478. The number of aromatic nitrogens is 1. The molecule has 28 heavy (non-hydrogen) atoms. The normalized spacial score (nSPS) is 12.6. The van der Waals surface area contributed by atoms with Crippen LogP contribution in [0.15, 0.2) is 10.4 Å². The average Bonchev–Trinajstić information content (AvgIpc) is 3.04. The van der Waals surface area contributed by atoms with Crippen LogP contribution in [-0.2, 0) is 11.3 Å². The van der Waals surface area contributed by atoms with E-state index in [1.165, 1.54) is 0 Å². The van der Waals surface area contributed by atoms with E-state index < -0.39 is 5.60 Å². The number of carbonyl (C=O) groups excluding carboxylic acids is 1. The van der Waals surface area contributed by atoms with E-state index in [0.29, 0.717) is 19.0 Å². The molecule has 162 valence electrons. The second-order valence-electron chi connectivity index (χ2n) is 7.60. The van der Waals surface area contributed by atoms with Crippen molar-refractivity contribution >= 4 is 52.5 Å². The van der Waals surface area contributed by atoms with Crippen LogP contribution in [0.5, 0.6) is 0 Å². The van der Waals surface area contributed by atoms with Gasteiger partial charge in [-0.3, -0.25) is 4.99 Å². The number of ether oxygens (including phenoxy) is 1. The van der Waals surface area contributed by atoms with Gasteiger partial charge in [0.2, 0.25) is 0 Å². The van der Waals surface area contributed by atoms with Crippen molar-refractivity contribution in [3.63, 3.8) is 0 Å². The third kappa shape index (κ3) is 9.76. The van der Waals surface area contributed by atoms with Crippen LogP contribution in [0.1, 0.15) is 39.8 Å². The van der Waals surface area contributed by atoms with E-state index in [-0.39, 0.29) is 36.1 Å². The summed E-state index contributed by atoms with van der Waals surface area (Å²) in [5.41, 5.74) is 0.488. The molecule has 0 radical (unpaired) electrons. The number of hydrogen-bond acceptors (Lipinski definition) is 6. The molecule has 1 unspecified atom stereocenters. The molecule has 0 aliphatic heterocycles. The zero-order valence-corrected chi connectivity index (χ0v) is 21.3. The highest BCUT2D eigenvalue weighted by atomic mass is 127. The molecular weight excluding hydrogens is 491 g/mol. The Balaban J connectivity index is 0.00000729. The summed E-state index contributed by atoms with van der Waals surface area (Å²) in [5.74, 6) is 0.710. The highest BCUT2D eigenvalue weighted by molar-refractivity contribution is 14.0. The van der Waals surface area contributed by atoms with E-state index in [1.54, 1.807) is 30.3 Å². The van der Waals surface area contributed by atoms with Gasteiger partial charge in [-0.15, -0.1) is 35.3 Å². The van der Waals surface area contributed by atoms with Gasteiger partial charge in [0.25, 0.3) is 0 Å². The lowest BCUT2D eigenvalue weighted by Gasteiger charge is -2.28. The molecule has 1 rings (SSSR count). The van der Waals surface area contributed by atoms with Crippen LogP contribution in [0.4, 0.5) is 9.93 Å². The molecule has 0 saturated carbocycles. The van der Waals surface area contributed by atoms with Crippen molar-refractivity contribution in [2.24, 2.45) is 4.99 Å². The fourth-order valence-corrected chi connectivity index (χ4v) is 2.84. The largest absolute Gasteiger partial charge is 0.444 e. The Morgan fingerprint density at radius 1 is 1.32 bits per heavy atom. The quantitative estimate of drug-likeness (QED) is 0.323. The summed E-state index contributed by atoms with van der Waals surface area (Å²) < 4.78 is 5.40. The summed E-state index contributed by atoms with van der Waals surface area (Å²) in [4.78, 5) is 24.5. The maximum atomic E-state index is 12.1. The van der Waals surface area contributed by atoms with Crippen molar-refractivity contribution in [3.8, 4) is 0 Å². The number of aliphatic imine (C=N–C) groups is 1. The lowest BCUT2D eigenvalue weighted by molar-refractivity contribution is 0.0230. The van der Waals surface area contributed by atoms with E-state index in [2.05, 4.69) is 20.6 Å². The number of guanidine groups is 1. The number of carbonyl (C=O) groups is 1. The molecular formula is C18H35IN6O2S. The van der Waals surface area contributed by atoms with E-state index in [4.69, 9.17) is 4.74 Å². The molecule has 8 nitrogen and oxygen atoms in total. The highest BCUT2D eigenvalue weighted by Gasteiger charge is 2.22. The smallest absolute Gasteiger partial charge is 0.410 e. The van der Waals surface area contributed by atoms with Gasteiger partial charge in [0.15, 0.2) is 11.1 Å². The van der Waals surface area contributed by atoms with Crippen LogP contribution in [0.2, 0.25) is 0 Å². The minimum absolute atomic E-state index is 0. The molecule has 1 aromatic heterocycles. The van der Waals surface area contributed by atoms with E-state index in [9.17, 15) is 4.79 Å². The Labute approximate surface area is 190 Å². The zero-order chi connectivity index (χ0) is 20.6. The van der Waals surface area contributed by atoms with Gasteiger partial charge in [-0.25, -0.2) is 9.78 Å². The Kier molecular flexibility index (Phi) is 11.7. The van der Waals surface area contributed by atoms with Crippen molar-refractivity contribution in [2.75, 3.05) is 39.6 Å². The Morgan fingerprint density at radius 3 is 2.46 bits per heavy atom. The maximum absolute atomic E-state index is 12.1. The summed E-state index contributed by atoms with van der Waals surface area (Å²) >= 11 is 1.61. The summed E-state index contributed by atoms with van der Waals surface area (Å²) in [5, 5.41) is 9.54. The van der Waals surface area contributed by atoms with Gasteiger partial charge >= 0.3 is 6.09 Å². The maximum Gasteiger partial charge on any atom is 0.410 e. The van der Waals surface area contributed by atoms with E-state index in [1.807, 2.05) is 52.1 Å². The number of halogens is 1. The fraction of sp³-hybridized carbons (Fsp3) is 0.722. The molecule has 2 N–H and O–H groups in total. The summed E-state index contributed by atoms with van der Waals surface area (Å²) in [7, 11) is 7.45. The monoisotopic (exact) mass is 526 g/mol. The SMILES string of the molecule is CN=C(NCCC(C)N(C)C(=O)OC(C)(C)C)NCc1csc(N(C)C)n1.I. The van der Waals surface area contributed by atoms with Crippen molar-refractivity contribution in [1.29, 1.82) is 0 Å². The molecule has 1 heterocycles. The number of rotatable bonds is 7. The first-order valence-corrected chi connectivity index (χ1v) is 9.93. The number of hydrogen-bond donors (Lipinski definition) is 2. The van der Waals surface area contributed by atoms with Crippen molar-refractivity contribution in [1.82, 2.24) is 20.5 Å². The summed E-state index contributed by atoms with van der Waals surface area (Å²) in [6.45, 7) is 8.89. The van der Waals surface area contributed by atoms with Gasteiger partial charge in [-0.1, -0.05) is 0 Å². The van der Waals surface area contributed by atoms with Gasteiger partial charge < -0.3 is 25.2 Å². The van der Waals surface area contributed by atoms with Crippen molar-refractivity contribution in [2.45, 2.75) is 52.3 Å². The molecule has 1 aromatic rings. The molecule has 0 saturated heterocycles. The van der Waals surface area contributed by atoms with E-state index in [0.717, 1.165) is 17.2 Å². The number of nitrogens with one attached hydrogen (secondary N) is 2. The first kappa shape index (κ1) is 26.7. The second-order valence-corrected chi connectivity index (χ2v) is 8.43. The molecule has 0 spiro atoms. The van der Waals surface area contributed by atoms with Crippen LogP contribution in [0.3, 0.4) is 0 Å². The van der Waals surface area contributed by atoms with Crippen LogP contribution in [0.25, 0.3) is 0 Å². The minimum Gasteiger partial charge on any atom is -0.444 e. The molecule has 0 aliphatic carbocycles. The molecule has 0 bridgehead atoms. The number of nitrogens with zero attached hydrogens (tertiary/aromatic N) is 4. The molecule has 1 atom stereocenters. The Morgan fingerprint density at radius 2 is 1.96 bits per heavy atom. The lowest BCUT2D eigenvalue weighted by atomic mass is 10.2. The molecule has 0 fully saturated rings. The van der Waals surface area contributed by atoms with Gasteiger partial charge in [0, 0.05) is 46.2 Å². The Bertz CT molecular complexity index is 630. The summed E-state index contributed by atoms with van der Waals surface area (Å²) in [6.07, 6.45) is 0.468. The molecule has 0 aromatic carbocycles. The first-order chi connectivity index (χ1) is 12.5. The predicted octanol–water partition coefficient (Wildman–Crippen LogP) is 3.14. The Hall–Kier alpha value is -1.30. The topological polar surface area (TPSA) is 82.1 Å². The van der Waals surface area contributed by atoms with Crippen LogP contribution in [-0.4, -0.2) is 68.3 Å². The van der Waals surface area contributed by atoms with Gasteiger partial charge in [0.1, 0.15) is 5.60 Å². The van der Waals surface area contributed by atoms with Crippen molar-refractivity contribution in [3.05, 3.63) is 11.1 Å². The number of thiazole rings is 1. The minimum atomic E-state index is -0.489. The number of anilines is 1. The molecule has 1 amide bonds. The van der Waals surface area contributed by atoms with Crippen LogP contribution in [0, 0.1) is 0 Å². The third-order valence-corrected chi connectivity index (χ3v) is 4.84.